The summed E-state index contributed by atoms with van der Waals surface area (Å²) in [5.41, 5.74) is 1.53. The van der Waals surface area contributed by atoms with E-state index < -0.39 is 23.3 Å². The first kappa shape index (κ1) is 20.3. The summed E-state index contributed by atoms with van der Waals surface area (Å²) in [5.74, 6) is -1.23. The molecule has 8 nitrogen and oxygen atoms in total. The molecule has 3 heterocycles. The average molecular weight is 467 g/mol. The van der Waals surface area contributed by atoms with Crippen LogP contribution in [-0.4, -0.2) is 60.9 Å². The lowest BCUT2D eigenvalue weighted by Crippen LogP contribution is -2.70. The number of carboxylic acids is 1. The van der Waals surface area contributed by atoms with Crippen molar-refractivity contribution in [1.29, 1.82) is 0 Å². The Morgan fingerprint density at radius 1 is 1.31 bits per heavy atom. The summed E-state index contributed by atoms with van der Waals surface area (Å²) in [6, 6.07) is 8.79. The van der Waals surface area contributed by atoms with Crippen molar-refractivity contribution < 1.29 is 19.5 Å². The van der Waals surface area contributed by atoms with Crippen LogP contribution in [0.15, 0.2) is 55.7 Å². The standard InChI is InChI=1S/C17H14N4O4S4/c22-11(7-26-9-4-2-1-3-5-9)19-12-14(23)21-13(16(24)25)10(6-27-15(12)21)29-17-20-18-8-28-17/h1-5,8,12,15H,6-7H2,(H,19,22)(H,24,25)/t12-,15-/m1/s1. The highest BCUT2D eigenvalue weighted by Gasteiger charge is 2.54. The number of aromatic nitrogens is 2. The van der Waals surface area contributed by atoms with Crippen LogP contribution in [0.5, 0.6) is 0 Å². The Kier molecular flexibility index (Phi) is 6.13. The quantitative estimate of drug-likeness (QED) is 0.468. The number of carbonyl (C=O) groups excluding carboxylic acids is 2. The number of rotatable bonds is 7. The van der Waals surface area contributed by atoms with Gasteiger partial charge in [0.2, 0.25) is 5.91 Å². The normalized spacial score (nSPS) is 20.8. The summed E-state index contributed by atoms with van der Waals surface area (Å²) in [7, 11) is 0. The molecule has 12 heteroatoms. The summed E-state index contributed by atoms with van der Waals surface area (Å²) < 4.78 is 0.619. The number of β-lactam (4-membered cyclic amide) rings is 1. The van der Waals surface area contributed by atoms with Crippen LogP contribution in [0.25, 0.3) is 0 Å². The highest BCUT2D eigenvalue weighted by Crippen LogP contribution is 2.45. The Hall–Kier alpha value is -2.02. The number of carboxylic acid groups (broad SMARTS) is 1. The number of nitrogens with zero attached hydrogens (tertiary/aromatic N) is 3. The Bertz CT molecular complexity index is 967. The predicted molar refractivity (Wildman–Crippen MR) is 113 cm³/mol. The minimum Gasteiger partial charge on any atom is -0.477 e. The number of thioether (sulfide) groups is 3. The van der Waals surface area contributed by atoms with Gasteiger partial charge in [-0.25, -0.2) is 4.79 Å². The zero-order valence-electron chi connectivity index (χ0n) is 14.7. The van der Waals surface area contributed by atoms with Gasteiger partial charge in [0.25, 0.3) is 5.91 Å². The lowest BCUT2D eigenvalue weighted by molar-refractivity contribution is -0.150. The van der Waals surface area contributed by atoms with Gasteiger partial charge < -0.3 is 10.4 Å². The lowest BCUT2D eigenvalue weighted by atomic mass is 10.1. The molecule has 150 valence electrons. The summed E-state index contributed by atoms with van der Waals surface area (Å²) in [5, 5.41) is 19.6. The first-order valence-corrected chi connectivity index (χ1v) is 12.1. The minimum absolute atomic E-state index is 0.0388. The molecule has 2 atom stereocenters. The Balaban J connectivity index is 1.41. The average Bonchev–Trinajstić information content (AvgIpc) is 3.23. The molecule has 1 aromatic heterocycles. The third kappa shape index (κ3) is 4.29. The molecule has 2 N–H and O–H groups in total. The van der Waals surface area contributed by atoms with Gasteiger partial charge in [-0.1, -0.05) is 41.3 Å². The fraction of sp³-hybridized carbons (Fsp3) is 0.235. The van der Waals surface area contributed by atoms with Crippen molar-refractivity contribution in [1.82, 2.24) is 20.4 Å². The zero-order valence-corrected chi connectivity index (χ0v) is 17.9. The van der Waals surface area contributed by atoms with E-state index in [1.54, 1.807) is 5.51 Å². The molecular formula is C17H14N4O4S4. The van der Waals surface area contributed by atoms with Gasteiger partial charge in [-0.15, -0.1) is 33.7 Å². The molecule has 1 saturated heterocycles. The van der Waals surface area contributed by atoms with Crippen LogP contribution in [-0.2, 0) is 14.4 Å². The molecule has 0 saturated carbocycles. The first-order chi connectivity index (χ1) is 14.0. The molecule has 0 unspecified atom stereocenters. The fourth-order valence-corrected chi connectivity index (χ4v) is 6.71. The molecule has 2 aliphatic heterocycles. The van der Waals surface area contributed by atoms with E-state index in [0.717, 1.165) is 4.90 Å². The van der Waals surface area contributed by atoms with Crippen molar-refractivity contribution >= 4 is 64.4 Å². The number of carbonyl (C=O) groups is 3. The van der Waals surface area contributed by atoms with Crippen molar-refractivity contribution in [3.63, 3.8) is 0 Å². The molecule has 0 radical (unpaired) electrons. The molecule has 0 aliphatic carbocycles. The molecule has 0 spiro atoms. The summed E-state index contributed by atoms with van der Waals surface area (Å²) >= 11 is 5.33. The van der Waals surface area contributed by atoms with E-state index in [1.807, 2.05) is 30.3 Å². The second-order valence-electron chi connectivity index (χ2n) is 5.94. The number of fused-ring (bicyclic) bond motifs is 1. The van der Waals surface area contributed by atoms with E-state index >= 15 is 0 Å². The van der Waals surface area contributed by atoms with E-state index in [2.05, 4.69) is 15.5 Å². The van der Waals surface area contributed by atoms with Crippen molar-refractivity contribution in [3.05, 3.63) is 46.4 Å². The van der Waals surface area contributed by atoms with Crippen molar-refractivity contribution in [3.8, 4) is 0 Å². The van der Waals surface area contributed by atoms with Crippen LogP contribution in [0.2, 0.25) is 0 Å². The molecule has 2 aromatic rings. The van der Waals surface area contributed by atoms with Gasteiger partial charge in [-0.2, -0.15) is 0 Å². The number of benzene rings is 1. The van der Waals surface area contributed by atoms with Gasteiger partial charge in [0.15, 0.2) is 4.34 Å². The monoisotopic (exact) mass is 466 g/mol. The number of nitrogens with one attached hydrogen (secondary N) is 1. The Labute approximate surface area is 182 Å². The largest absolute Gasteiger partial charge is 0.477 e. The second-order valence-corrected chi connectivity index (χ2v) is 10.3. The van der Waals surface area contributed by atoms with Crippen LogP contribution in [0.1, 0.15) is 0 Å². The number of aliphatic carboxylic acids is 1. The van der Waals surface area contributed by atoms with Crippen molar-refractivity contribution in [2.75, 3.05) is 11.5 Å². The topological polar surface area (TPSA) is 112 Å². The molecular weight excluding hydrogens is 452 g/mol. The summed E-state index contributed by atoms with van der Waals surface area (Å²) in [6.45, 7) is 0. The van der Waals surface area contributed by atoms with E-state index in [-0.39, 0.29) is 17.4 Å². The van der Waals surface area contributed by atoms with Gasteiger partial charge in [-0.3, -0.25) is 14.5 Å². The molecule has 0 bridgehead atoms. The van der Waals surface area contributed by atoms with E-state index in [1.165, 1.54) is 51.5 Å². The summed E-state index contributed by atoms with van der Waals surface area (Å²) in [4.78, 5) is 39.5. The number of hydrogen-bond acceptors (Lipinski definition) is 9. The predicted octanol–water partition coefficient (Wildman–Crippen LogP) is 2.12. The van der Waals surface area contributed by atoms with E-state index in [4.69, 9.17) is 0 Å². The third-order valence-corrected chi connectivity index (χ3v) is 8.45. The number of hydrogen-bond donors (Lipinski definition) is 2. The maximum Gasteiger partial charge on any atom is 0.353 e. The van der Waals surface area contributed by atoms with Gasteiger partial charge in [0.05, 0.1) is 5.75 Å². The van der Waals surface area contributed by atoms with Gasteiger partial charge in [0.1, 0.15) is 22.6 Å². The van der Waals surface area contributed by atoms with Crippen molar-refractivity contribution in [2.24, 2.45) is 0 Å². The van der Waals surface area contributed by atoms with Crippen LogP contribution in [0.4, 0.5) is 0 Å². The SMILES string of the molecule is O=C(CSc1ccccc1)N[C@@H]1C(=O)N2C(C(=O)O)=C(Sc3nncs3)CS[C@H]12. The second kappa shape index (κ2) is 8.78. The summed E-state index contributed by atoms with van der Waals surface area (Å²) in [6.07, 6.45) is 0. The van der Waals surface area contributed by atoms with Crippen LogP contribution in [0.3, 0.4) is 0 Å². The minimum atomic E-state index is -1.17. The molecule has 4 rings (SSSR count). The maximum atomic E-state index is 12.6. The van der Waals surface area contributed by atoms with Gasteiger partial charge >= 0.3 is 5.97 Å². The van der Waals surface area contributed by atoms with Crippen LogP contribution >= 0.6 is 46.6 Å². The zero-order chi connectivity index (χ0) is 20.4. The first-order valence-electron chi connectivity index (χ1n) is 8.37. The van der Waals surface area contributed by atoms with Crippen LogP contribution < -0.4 is 5.32 Å². The fourth-order valence-electron chi connectivity index (χ4n) is 2.86. The highest BCUT2D eigenvalue weighted by atomic mass is 32.2. The molecule has 2 aliphatic rings. The molecule has 29 heavy (non-hydrogen) atoms. The molecule has 2 amide bonds. The van der Waals surface area contributed by atoms with E-state index in [9.17, 15) is 19.5 Å². The molecule has 1 fully saturated rings. The Morgan fingerprint density at radius 3 is 2.79 bits per heavy atom. The number of amides is 2. The van der Waals surface area contributed by atoms with E-state index in [0.29, 0.717) is 15.0 Å². The molecule has 1 aromatic carbocycles. The smallest absolute Gasteiger partial charge is 0.353 e. The van der Waals surface area contributed by atoms with Crippen molar-refractivity contribution in [2.45, 2.75) is 20.7 Å². The third-order valence-electron chi connectivity index (χ3n) is 4.12. The van der Waals surface area contributed by atoms with Gasteiger partial charge in [-0.05, 0) is 12.1 Å². The lowest BCUT2D eigenvalue weighted by Gasteiger charge is -2.49. The highest BCUT2D eigenvalue weighted by molar-refractivity contribution is 8.07. The Morgan fingerprint density at radius 2 is 2.10 bits per heavy atom. The maximum absolute atomic E-state index is 12.6. The van der Waals surface area contributed by atoms with Crippen LogP contribution in [0, 0.1) is 0 Å². The van der Waals surface area contributed by atoms with Gasteiger partial charge in [0, 0.05) is 15.6 Å².